The van der Waals surface area contributed by atoms with Gasteiger partial charge in [-0.2, -0.15) is 13.2 Å². The summed E-state index contributed by atoms with van der Waals surface area (Å²) in [4.78, 5) is 26.3. The first-order valence-electron chi connectivity index (χ1n) is 8.84. The highest BCUT2D eigenvalue weighted by molar-refractivity contribution is 6.06. The summed E-state index contributed by atoms with van der Waals surface area (Å²) >= 11 is 0. The Balaban J connectivity index is 1.52. The summed E-state index contributed by atoms with van der Waals surface area (Å²) in [6, 6.07) is 9.17. The van der Waals surface area contributed by atoms with Crippen molar-refractivity contribution in [3.05, 3.63) is 59.2 Å². The van der Waals surface area contributed by atoms with E-state index >= 15 is 0 Å². The van der Waals surface area contributed by atoms with Crippen molar-refractivity contribution in [3.8, 4) is 11.5 Å². The summed E-state index contributed by atoms with van der Waals surface area (Å²) in [5, 5.41) is 2.65. The second-order valence-corrected chi connectivity index (χ2v) is 7.22. The van der Waals surface area contributed by atoms with Crippen molar-refractivity contribution in [2.24, 2.45) is 0 Å². The van der Waals surface area contributed by atoms with Gasteiger partial charge < -0.3 is 14.8 Å². The molecule has 0 unspecified atom stereocenters. The van der Waals surface area contributed by atoms with Crippen molar-refractivity contribution in [1.82, 2.24) is 10.2 Å². The van der Waals surface area contributed by atoms with Crippen molar-refractivity contribution in [2.45, 2.75) is 31.6 Å². The standard InChI is InChI=1S/C20H17F3N2O4/c1-19(9-12-5-6-15-16(8-12)29-11-28-15)17(26)25(18(27)24-19)10-13-3-2-4-14(7-13)20(21,22)23/h2-8H,9-11H2,1H3,(H,24,27)/t19-/m0/s1. The Morgan fingerprint density at radius 2 is 1.83 bits per heavy atom. The average Bonchev–Trinajstić information content (AvgIpc) is 3.19. The molecule has 1 atom stereocenters. The highest BCUT2D eigenvalue weighted by atomic mass is 19.4. The van der Waals surface area contributed by atoms with Crippen LogP contribution in [0, 0.1) is 0 Å². The third-order valence-electron chi connectivity index (χ3n) is 4.93. The quantitative estimate of drug-likeness (QED) is 0.790. The number of rotatable bonds is 4. The largest absolute Gasteiger partial charge is 0.454 e. The number of fused-ring (bicyclic) bond motifs is 1. The third-order valence-corrected chi connectivity index (χ3v) is 4.93. The number of benzene rings is 2. The van der Waals surface area contributed by atoms with Crippen molar-refractivity contribution < 1.29 is 32.2 Å². The normalized spacial score (nSPS) is 20.9. The van der Waals surface area contributed by atoms with E-state index in [-0.39, 0.29) is 25.3 Å². The first kappa shape index (κ1) is 19.1. The van der Waals surface area contributed by atoms with Crippen LogP contribution in [-0.2, 0) is 23.9 Å². The number of amides is 3. The number of hydrogen-bond acceptors (Lipinski definition) is 4. The molecular weight excluding hydrogens is 389 g/mol. The van der Waals surface area contributed by atoms with E-state index in [0.29, 0.717) is 11.5 Å². The average molecular weight is 406 g/mol. The van der Waals surface area contributed by atoms with Crippen LogP contribution in [0.4, 0.5) is 18.0 Å². The molecule has 0 radical (unpaired) electrons. The van der Waals surface area contributed by atoms with Gasteiger partial charge in [-0.3, -0.25) is 9.69 Å². The Hall–Kier alpha value is -3.23. The molecule has 0 saturated carbocycles. The predicted molar refractivity (Wildman–Crippen MR) is 95.2 cm³/mol. The van der Waals surface area contributed by atoms with Gasteiger partial charge in [-0.05, 0) is 42.3 Å². The second kappa shape index (κ2) is 6.68. The summed E-state index contributed by atoms with van der Waals surface area (Å²) in [7, 11) is 0. The number of ether oxygens (including phenoxy) is 2. The summed E-state index contributed by atoms with van der Waals surface area (Å²) in [6.45, 7) is 1.46. The lowest BCUT2D eigenvalue weighted by Crippen LogP contribution is -2.45. The zero-order valence-electron chi connectivity index (χ0n) is 15.4. The molecule has 2 aliphatic rings. The Morgan fingerprint density at radius 1 is 1.07 bits per heavy atom. The maximum absolute atomic E-state index is 12.9. The van der Waals surface area contributed by atoms with Crippen LogP contribution >= 0.6 is 0 Å². The molecule has 0 spiro atoms. The van der Waals surface area contributed by atoms with Crippen LogP contribution < -0.4 is 14.8 Å². The van der Waals surface area contributed by atoms with Gasteiger partial charge in [0.05, 0.1) is 12.1 Å². The summed E-state index contributed by atoms with van der Waals surface area (Å²) in [5.41, 5.74) is -1.07. The Bertz CT molecular complexity index is 992. The van der Waals surface area contributed by atoms with Crippen LogP contribution in [0.2, 0.25) is 0 Å². The van der Waals surface area contributed by atoms with Gasteiger partial charge in [0.2, 0.25) is 6.79 Å². The summed E-state index contributed by atoms with van der Waals surface area (Å²) in [5.74, 6) is 0.660. The minimum atomic E-state index is -4.50. The van der Waals surface area contributed by atoms with Gasteiger partial charge in [0.25, 0.3) is 5.91 Å². The maximum Gasteiger partial charge on any atom is 0.416 e. The number of halogens is 3. The molecule has 2 aromatic carbocycles. The van der Waals surface area contributed by atoms with Crippen LogP contribution in [0.5, 0.6) is 11.5 Å². The number of nitrogens with zero attached hydrogens (tertiary/aromatic N) is 1. The van der Waals surface area contributed by atoms with Gasteiger partial charge in [-0.1, -0.05) is 18.2 Å². The molecule has 4 rings (SSSR count). The Morgan fingerprint density at radius 3 is 2.59 bits per heavy atom. The summed E-state index contributed by atoms with van der Waals surface area (Å²) < 4.78 is 49.3. The van der Waals surface area contributed by atoms with Crippen LogP contribution in [0.25, 0.3) is 0 Å². The molecule has 2 aromatic rings. The molecule has 1 saturated heterocycles. The zero-order chi connectivity index (χ0) is 20.8. The molecule has 29 heavy (non-hydrogen) atoms. The van der Waals surface area contributed by atoms with E-state index in [1.165, 1.54) is 12.1 Å². The number of carbonyl (C=O) groups is 2. The van der Waals surface area contributed by atoms with E-state index in [4.69, 9.17) is 9.47 Å². The topological polar surface area (TPSA) is 67.9 Å². The lowest BCUT2D eigenvalue weighted by Gasteiger charge is -2.22. The van der Waals surface area contributed by atoms with Crippen LogP contribution in [0.1, 0.15) is 23.6 Å². The maximum atomic E-state index is 12.9. The van der Waals surface area contributed by atoms with Gasteiger partial charge in [0, 0.05) is 6.42 Å². The van der Waals surface area contributed by atoms with Crippen LogP contribution in [-0.4, -0.2) is 29.2 Å². The Labute approximate surface area is 164 Å². The lowest BCUT2D eigenvalue weighted by molar-refractivity contribution is -0.137. The van der Waals surface area contributed by atoms with Crippen molar-refractivity contribution in [3.63, 3.8) is 0 Å². The van der Waals surface area contributed by atoms with E-state index in [9.17, 15) is 22.8 Å². The molecule has 0 aliphatic carbocycles. The van der Waals surface area contributed by atoms with E-state index in [0.717, 1.165) is 22.6 Å². The highest BCUT2D eigenvalue weighted by Gasteiger charge is 2.47. The molecule has 3 amide bonds. The van der Waals surface area contributed by atoms with Gasteiger partial charge >= 0.3 is 12.2 Å². The molecule has 6 nitrogen and oxygen atoms in total. The van der Waals surface area contributed by atoms with Crippen molar-refractivity contribution in [2.75, 3.05) is 6.79 Å². The molecule has 0 aromatic heterocycles. The van der Waals surface area contributed by atoms with Crippen LogP contribution in [0.3, 0.4) is 0 Å². The first-order chi connectivity index (χ1) is 13.7. The number of nitrogens with one attached hydrogen (secondary N) is 1. The third kappa shape index (κ3) is 3.59. The van der Waals surface area contributed by atoms with Gasteiger partial charge in [-0.15, -0.1) is 0 Å². The highest BCUT2D eigenvalue weighted by Crippen LogP contribution is 2.34. The molecule has 1 fully saturated rings. The van der Waals surface area contributed by atoms with Crippen molar-refractivity contribution >= 4 is 11.9 Å². The lowest BCUT2D eigenvalue weighted by atomic mass is 9.92. The molecule has 1 N–H and O–H groups in total. The number of urea groups is 1. The minimum absolute atomic E-state index is 0.122. The van der Waals surface area contributed by atoms with Crippen molar-refractivity contribution in [1.29, 1.82) is 0 Å². The molecule has 9 heteroatoms. The minimum Gasteiger partial charge on any atom is -0.454 e. The number of hydrogen-bond donors (Lipinski definition) is 1. The van der Waals surface area contributed by atoms with Crippen LogP contribution in [0.15, 0.2) is 42.5 Å². The number of carbonyl (C=O) groups excluding carboxylic acids is 2. The van der Waals surface area contributed by atoms with Gasteiger partial charge in [0.15, 0.2) is 11.5 Å². The first-order valence-corrected chi connectivity index (χ1v) is 8.84. The number of imide groups is 1. The molecule has 2 aliphatic heterocycles. The fraction of sp³-hybridized carbons (Fsp3) is 0.300. The van der Waals surface area contributed by atoms with E-state index in [1.807, 2.05) is 0 Å². The summed E-state index contributed by atoms with van der Waals surface area (Å²) in [6.07, 6.45) is -4.30. The van der Waals surface area contributed by atoms with Gasteiger partial charge in [0.1, 0.15) is 5.54 Å². The smallest absolute Gasteiger partial charge is 0.416 e. The SMILES string of the molecule is C[C@@]1(Cc2ccc3c(c2)OCO3)NC(=O)N(Cc2cccc(C(F)(F)F)c2)C1=O. The van der Waals surface area contributed by atoms with E-state index < -0.39 is 29.2 Å². The number of alkyl halides is 3. The van der Waals surface area contributed by atoms with Gasteiger partial charge in [-0.25, -0.2) is 4.79 Å². The van der Waals surface area contributed by atoms with E-state index in [1.54, 1.807) is 25.1 Å². The fourth-order valence-electron chi connectivity index (χ4n) is 3.50. The molecule has 0 bridgehead atoms. The molecule has 152 valence electrons. The fourth-order valence-corrected chi connectivity index (χ4v) is 3.50. The zero-order valence-corrected chi connectivity index (χ0v) is 15.4. The Kier molecular flexibility index (Phi) is 4.40. The monoisotopic (exact) mass is 406 g/mol. The predicted octanol–water partition coefficient (Wildman–Crippen LogP) is 3.49. The van der Waals surface area contributed by atoms with E-state index in [2.05, 4.69) is 5.32 Å². The molecule has 2 heterocycles. The second-order valence-electron chi connectivity index (χ2n) is 7.22. The molecular formula is C20H17F3N2O4.